The van der Waals surface area contributed by atoms with Crippen LogP contribution in [0.3, 0.4) is 0 Å². The van der Waals surface area contributed by atoms with Crippen LogP contribution in [-0.2, 0) is 0 Å². The Morgan fingerprint density at radius 3 is 2.46 bits per heavy atom. The minimum atomic E-state index is -0.377. The molecule has 0 radical (unpaired) electrons. The van der Waals surface area contributed by atoms with Crippen LogP contribution in [0.2, 0.25) is 0 Å². The topological polar surface area (TPSA) is 80.2 Å². The molecule has 24 heavy (non-hydrogen) atoms. The number of hydrogen-bond donors (Lipinski definition) is 2. The van der Waals surface area contributed by atoms with Crippen LogP contribution < -0.4 is 14.9 Å². The summed E-state index contributed by atoms with van der Waals surface area (Å²) >= 11 is 0. The number of methoxy groups -OCH3 is 2. The van der Waals surface area contributed by atoms with E-state index in [1.807, 2.05) is 6.92 Å². The molecule has 0 aromatic heterocycles. The molecule has 0 aliphatic heterocycles. The maximum absolute atomic E-state index is 12.3. The van der Waals surface area contributed by atoms with Crippen molar-refractivity contribution in [3.8, 4) is 17.2 Å². The first-order valence-corrected chi connectivity index (χ1v) is 7.48. The number of amides is 1. The molecule has 126 valence electrons. The standard InChI is InChI=1S/C18H20N2O4/c1-4-14(13-7-5-6-8-15(13)21)19-20-18(22)12-9-10-16(23-2)17(11-12)24-3/h5-11,21H,4H2,1-3H3,(H,20,22)/b19-14+. The molecule has 6 heteroatoms. The van der Waals surface area contributed by atoms with Gasteiger partial charge in [0, 0.05) is 11.1 Å². The van der Waals surface area contributed by atoms with Crippen molar-refractivity contribution in [1.82, 2.24) is 5.43 Å². The van der Waals surface area contributed by atoms with Gasteiger partial charge < -0.3 is 14.6 Å². The Morgan fingerprint density at radius 2 is 1.83 bits per heavy atom. The van der Waals surface area contributed by atoms with Crippen molar-refractivity contribution in [3.63, 3.8) is 0 Å². The van der Waals surface area contributed by atoms with E-state index in [9.17, 15) is 9.90 Å². The van der Waals surface area contributed by atoms with Gasteiger partial charge in [0.05, 0.1) is 19.9 Å². The maximum Gasteiger partial charge on any atom is 0.271 e. The summed E-state index contributed by atoms with van der Waals surface area (Å²) in [4.78, 5) is 12.3. The van der Waals surface area contributed by atoms with Crippen LogP contribution in [0.15, 0.2) is 47.6 Å². The molecule has 0 atom stereocenters. The van der Waals surface area contributed by atoms with E-state index in [1.165, 1.54) is 14.2 Å². The third kappa shape index (κ3) is 3.84. The lowest BCUT2D eigenvalue weighted by atomic mass is 10.1. The molecule has 0 aliphatic carbocycles. The first-order valence-electron chi connectivity index (χ1n) is 7.48. The zero-order valence-electron chi connectivity index (χ0n) is 13.9. The van der Waals surface area contributed by atoms with Crippen molar-refractivity contribution < 1.29 is 19.4 Å². The highest BCUT2D eigenvalue weighted by molar-refractivity contribution is 6.04. The second kappa shape index (κ2) is 8.01. The molecule has 2 aromatic rings. The molecule has 0 bridgehead atoms. The zero-order chi connectivity index (χ0) is 17.5. The predicted octanol–water partition coefficient (Wildman–Crippen LogP) is 2.95. The van der Waals surface area contributed by atoms with Crippen molar-refractivity contribution in [2.24, 2.45) is 5.10 Å². The molecule has 0 aliphatic rings. The minimum absolute atomic E-state index is 0.124. The molecule has 1 amide bonds. The van der Waals surface area contributed by atoms with Gasteiger partial charge in [-0.1, -0.05) is 19.1 Å². The summed E-state index contributed by atoms with van der Waals surface area (Å²) in [6.07, 6.45) is 0.559. The highest BCUT2D eigenvalue weighted by atomic mass is 16.5. The highest BCUT2D eigenvalue weighted by Gasteiger charge is 2.11. The van der Waals surface area contributed by atoms with Crippen LogP contribution >= 0.6 is 0 Å². The second-order valence-corrected chi connectivity index (χ2v) is 4.94. The number of ether oxygens (including phenoxy) is 2. The van der Waals surface area contributed by atoms with Gasteiger partial charge in [-0.15, -0.1) is 0 Å². The number of phenols is 1. The Labute approximate surface area is 140 Å². The lowest BCUT2D eigenvalue weighted by Crippen LogP contribution is -2.20. The summed E-state index contributed by atoms with van der Waals surface area (Å²) in [7, 11) is 3.03. The van der Waals surface area contributed by atoms with Crippen molar-refractivity contribution >= 4 is 11.6 Å². The van der Waals surface area contributed by atoms with Gasteiger partial charge in [0.25, 0.3) is 5.91 Å². The summed E-state index contributed by atoms with van der Waals surface area (Å²) in [5, 5.41) is 14.0. The molecule has 0 saturated heterocycles. The van der Waals surface area contributed by atoms with Crippen LogP contribution in [0.5, 0.6) is 17.2 Å². The summed E-state index contributed by atoms with van der Waals surface area (Å²) in [6, 6.07) is 11.7. The number of carbonyl (C=O) groups is 1. The van der Waals surface area contributed by atoms with Crippen molar-refractivity contribution in [3.05, 3.63) is 53.6 Å². The van der Waals surface area contributed by atoms with Crippen LogP contribution in [-0.4, -0.2) is 30.9 Å². The first kappa shape index (κ1) is 17.3. The van der Waals surface area contributed by atoms with Crippen LogP contribution in [0.4, 0.5) is 0 Å². The fourth-order valence-corrected chi connectivity index (χ4v) is 2.21. The number of hydrogen-bond acceptors (Lipinski definition) is 5. The van der Waals surface area contributed by atoms with Crippen LogP contribution in [0.1, 0.15) is 29.3 Å². The molecule has 0 spiro atoms. The molecule has 2 N–H and O–H groups in total. The van der Waals surface area contributed by atoms with E-state index in [-0.39, 0.29) is 11.7 Å². The Hall–Kier alpha value is -3.02. The van der Waals surface area contributed by atoms with E-state index >= 15 is 0 Å². The van der Waals surface area contributed by atoms with Gasteiger partial charge >= 0.3 is 0 Å². The molecule has 0 heterocycles. The monoisotopic (exact) mass is 328 g/mol. The molecule has 6 nitrogen and oxygen atoms in total. The molecule has 0 fully saturated rings. The average Bonchev–Trinajstić information content (AvgIpc) is 2.62. The van der Waals surface area contributed by atoms with Crippen LogP contribution in [0.25, 0.3) is 0 Å². The number of phenolic OH excluding ortho intramolecular Hbond substituents is 1. The SMILES string of the molecule is CC/C(=N\NC(=O)c1ccc(OC)c(OC)c1)c1ccccc1O. The van der Waals surface area contributed by atoms with Gasteiger partial charge in [0.15, 0.2) is 11.5 Å². The second-order valence-electron chi connectivity index (χ2n) is 4.94. The fraction of sp³-hybridized carbons (Fsp3) is 0.222. The summed E-state index contributed by atoms with van der Waals surface area (Å²) in [5.41, 5.74) is 4.07. The van der Waals surface area contributed by atoms with Gasteiger partial charge in [-0.3, -0.25) is 4.79 Å². The number of hydrazone groups is 1. The van der Waals surface area contributed by atoms with Crippen molar-refractivity contribution in [1.29, 1.82) is 0 Å². The van der Waals surface area contributed by atoms with Gasteiger partial charge in [0.1, 0.15) is 5.75 Å². The number of aromatic hydroxyl groups is 1. The Kier molecular flexibility index (Phi) is 5.78. The fourth-order valence-electron chi connectivity index (χ4n) is 2.21. The van der Waals surface area contributed by atoms with Crippen LogP contribution in [0, 0.1) is 0 Å². The van der Waals surface area contributed by atoms with Crippen molar-refractivity contribution in [2.75, 3.05) is 14.2 Å². The van der Waals surface area contributed by atoms with E-state index in [0.717, 1.165) is 0 Å². The number of carbonyl (C=O) groups excluding carboxylic acids is 1. The molecule has 2 aromatic carbocycles. The number of nitrogens with one attached hydrogen (secondary N) is 1. The Morgan fingerprint density at radius 1 is 1.12 bits per heavy atom. The minimum Gasteiger partial charge on any atom is -0.507 e. The molecule has 0 unspecified atom stereocenters. The highest BCUT2D eigenvalue weighted by Crippen LogP contribution is 2.27. The van der Waals surface area contributed by atoms with Gasteiger partial charge in [-0.2, -0.15) is 5.10 Å². The smallest absolute Gasteiger partial charge is 0.271 e. The van der Waals surface area contributed by atoms with Crippen molar-refractivity contribution in [2.45, 2.75) is 13.3 Å². The lowest BCUT2D eigenvalue weighted by Gasteiger charge is -2.10. The third-order valence-electron chi connectivity index (χ3n) is 3.49. The number of rotatable bonds is 6. The molecule has 2 rings (SSSR count). The van der Waals surface area contributed by atoms with Gasteiger partial charge in [-0.25, -0.2) is 5.43 Å². The number of para-hydroxylation sites is 1. The third-order valence-corrected chi connectivity index (χ3v) is 3.49. The Balaban J connectivity index is 2.21. The van der Waals surface area contributed by atoms with E-state index in [1.54, 1.807) is 42.5 Å². The average molecular weight is 328 g/mol. The number of nitrogens with zero attached hydrogens (tertiary/aromatic N) is 1. The van der Waals surface area contributed by atoms with E-state index < -0.39 is 0 Å². The lowest BCUT2D eigenvalue weighted by molar-refractivity contribution is 0.0954. The molecule has 0 saturated carbocycles. The quantitative estimate of drug-likeness (QED) is 0.631. The summed E-state index contributed by atoms with van der Waals surface area (Å²) in [6.45, 7) is 1.90. The summed E-state index contributed by atoms with van der Waals surface area (Å²) < 4.78 is 10.3. The van der Waals surface area contributed by atoms with E-state index in [0.29, 0.717) is 34.8 Å². The Bertz CT molecular complexity index is 756. The van der Waals surface area contributed by atoms with Gasteiger partial charge in [0.2, 0.25) is 0 Å². The molecular weight excluding hydrogens is 308 g/mol. The largest absolute Gasteiger partial charge is 0.507 e. The number of benzene rings is 2. The first-order chi connectivity index (χ1) is 11.6. The van der Waals surface area contributed by atoms with E-state index in [4.69, 9.17) is 9.47 Å². The maximum atomic E-state index is 12.3. The van der Waals surface area contributed by atoms with Gasteiger partial charge in [-0.05, 0) is 36.8 Å². The summed E-state index contributed by atoms with van der Waals surface area (Å²) in [5.74, 6) is 0.752. The molecular formula is C18H20N2O4. The van der Waals surface area contributed by atoms with E-state index in [2.05, 4.69) is 10.5 Å². The normalized spacial score (nSPS) is 11.0. The predicted molar refractivity (Wildman–Crippen MR) is 91.9 cm³/mol. The zero-order valence-corrected chi connectivity index (χ0v) is 13.9.